The Morgan fingerprint density at radius 1 is 1.17 bits per heavy atom. The summed E-state index contributed by atoms with van der Waals surface area (Å²) in [5.74, 6) is -0.164. The molecule has 3 nitrogen and oxygen atoms in total. The molecule has 0 saturated carbocycles. The van der Waals surface area contributed by atoms with Gasteiger partial charge in [-0.25, -0.2) is 0 Å². The van der Waals surface area contributed by atoms with Crippen LogP contribution in [0.2, 0.25) is 0 Å². The van der Waals surface area contributed by atoms with Crippen LogP contribution in [0.25, 0.3) is 0 Å². The van der Waals surface area contributed by atoms with Gasteiger partial charge in [0.15, 0.2) is 5.60 Å². The Labute approximate surface area is 138 Å². The highest BCUT2D eigenvalue weighted by atomic mass is 16.5. The fourth-order valence-electron chi connectivity index (χ4n) is 2.78. The van der Waals surface area contributed by atoms with Gasteiger partial charge in [0.05, 0.1) is 0 Å². The summed E-state index contributed by atoms with van der Waals surface area (Å²) in [5, 5.41) is 2.99. The Morgan fingerprint density at radius 2 is 1.91 bits per heavy atom. The van der Waals surface area contributed by atoms with E-state index in [0.717, 1.165) is 29.7 Å². The van der Waals surface area contributed by atoms with Crippen LogP contribution >= 0.6 is 0 Å². The minimum absolute atomic E-state index is 0.164. The first kappa shape index (κ1) is 17.2. The number of rotatable bonds is 6. The molecule has 0 fully saturated rings. The highest BCUT2D eigenvalue weighted by Crippen LogP contribution is 2.29. The van der Waals surface area contributed by atoms with Gasteiger partial charge >= 0.3 is 0 Å². The molecule has 2 aromatic rings. The number of aryl methyl sites for hydroxylation is 2. The van der Waals surface area contributed by atoms with E-state index in [1.54, 1.807) is 14.0 Å². The maximum absolute atomic E-state index is 12.9. The minimum atomic E-state index is -1.02. The van der Waals surface area contributed by atoms with E-state index >= 15 is 0 Å². The molecule has 122 valence electrons. The van der Waals surface area contributed by atoms with Crippen LogP contribution in [0.1, 0.15) is 37.0 Å². The van der Waals surface area contributed by atoms with Crippen molar-refractivity contribution in [3.05, 3.63) is 65.2 Å². The number of carbonyl (C=O) groups excluding carboxylic acids is 1. The lowest BCUT2D eigenvalue weighted by atomic mass is 9.90. The van der Waals surface area contributed by atoms with Crippen molar-refractivity contribution in [1.29, 1.82) is 0 Å². The van der Waals surface area contributed by atoms with Crippen molar-refractivity contribution < 1.29 is 9.53 Å². The second-order valence-electron chi connectivity index (χ2n) is 5.96. The predicted octanol–water partition coefficient (Wildman–Crippen LogP) is 4.45. The van der Waals surface area contributed by atoms with Crippen molar-refractivity contribution in [2.24, 2.45) is 0 Å². The van der Waals surface area contributed by atoms with Gasteiger partial charge in [-0.15, -0.1) is 0 Å². The molecule has 0 aliphatic carbocycles. The number of benzene rings is 2. The number of hydrogen-bond donors (Lipinski definition) is 1. The summed E-state index contributed by atoms with van der Waals surface area (Å²) in [4.78, 5) is 12.9. The lowest BCUT2D eigenvalue weighted by molar-refractivity contribution is -0.136. The second kappa shape index (κ2) is 7.42. The van der Waals surface area contributed by atoms with Gasteiger partial charge in [-0.2, -0.15) is 0 Å². The standard InChI is InChI=1S/C20H25NO2/c1-5-9-16-11-8-12-17(14-16)21-19(22)20(3,23-4)18-13-7-6-10-15(18)2/h6-8,10-14H,5,9H2,1-4H3,(H,21,22). The monoisotopic (exact) mass is 311 g/mol. The van der Waals surface area contributed by atoms with Crippen LogP contribution in [0.5, 0.6) is 0 Å². The molecule has 1 N–H and O–H groups in total. The number of nitrogens with one attached hydrogen (secondary N) is 1. The number of ether oxygens (including phenoxy) is 1. The van der Waals surface area contributed by atoms with Crippen molar-refractivity contribution in [3.63, 3.8) is 0 Å². The van der Waals surface area contributed by atoms with Gasteiger partial charge in [-0.1, -0.05) is 49.7 Å². The molecule has 0 aliphatic rings. The molecule has 0 aliphatic heterocycles. The summed E-state index contributed by atoms with van der Waals surface area (Å²) in [7, 11) is 1.57. The summed E-state index contributed by atoms with van der Waals surface area (Å²) >= 11 is 0. The van der Waals surface area contributed by atoms with Gasteiger partial charge in [0.25, 0.3) is 5.91 Å². The molecule has 2 aromatic carbocycles. The molecule has 2 rings (SSSR count). The molecule has 3 heteroatoms. The van der Waals surface area contributed by atoms with E-state index in [-0.39, 0.29) is 5.91 Å². The Morgan fingerprint density at radius 3 is 2.57 bits per heavy atom. The maximum Gasteiger partial charge on any atom is 0.260 e. The topological polar surface area (TPSA) is 38.3 Å². The lowest BCUT2D eigenvalue weighted by Crippen LogP contribution is -2.40. The third-order valence-electron chi connectivity index (χ3n) is 4.22. The Hall–Kier alpha value is -2.13. The number of carbonyl (C=O) groups is 1. The molecule has 23 heavy (non-hydrogen) atoms. The van der Waals surface area contributed by atoms with Crippen LogP contribution in [0.3, 0.4) is 0 Å². The highest BCUT2D eigenvalue weighted by Gasteiger charge is 2.36. The van der Waals surface area contributed by atoms with Crippen LogP contribution in [0.4, 0.5) is 5.69 Å². The van der Waals surface area contributed by atoms with E-state index in [1.165, 1.54) is 5.56 Å². The number of methoxy groups -OCH3 is 1. The Balaban J connectivity index is 2.27. The van der Waals surface area contributed by atoms with Crippen molar-refractivity contribution in [1.82, 2.24) is 0 Å². The zero-order valence-electron chi connectivity index (χ0n) is 14.3. The van der Waals surface area contributed by atoms with Gasteiger partial charge in [0.1, 0.15) is 0 Å². The minimum Gasteiger partial charge on any atom is -0.364 e. The van der Waals surface area contributed by atoms with Crippen LogP contribution in [-0.4, -0.2) is 13.0 Å². The normalized spacial score (nSPS) is 13.4. The molecule has 0 radical (unpaired) electrons. The van der Waals surface area contributed by atoms with Gasteiger partial charge in [0, 0.05) is 12.8 Å². The second-order valence-corrected chi connectivity index (χ2v) is 5.96. The molecular weight excluding hydrogens is 286 g/mol. The predicted molar refractivity (Wildman–Crippen MR) is 94.6 cm³/mol. The highest BCUT2D eigenvalue weighted by molar-refractivity contribution is 5.98. The van der Waals surface area contributed by atoms with Crippen LogP contribution in [0.15, 0.2) is 48.5 Å². The number of anilines is 1. The average molecular weight is 311 g/mol. The zero-order chi connectivity index (χ0) is 16.9. The molecular formula is C20H25NO2. The maximum atomic E-state index is 12.9. The largest absolute Gasteiger partial charge is 0.364 e. The summed E-state index contributed by atoms with van der Waals surface area (Å²) in [5.41, 5.74) is 2.92. The van der Waals surface area contributed by atoms with Crippen LogP contribution in [0, 0.1) is 6.92 Å². The van der Waals surface area contributed by atoms with Crippen LogP contribution in [-0.2, 0) is 21.6 Å². The smallest absolute Gasteiger partial charge is 0.260 e. The third-order valence-corrected chi connectivity index (χ3v) is 4.22. The summed E-state index contributed by atoms with van der Waals surface area (Å²) in [6.45, 7) is 5.94. The quantitative estimate of drug-likeness (QED) is 0.856. The molecule has 1 atom stereocenters. The summed E-state index contributed by atoms with van der Waals surface area (Å²) < 4.78 is 5.60. The first-order valence-electron chi connectivity index (χ1n) is 8.03. The van der Waals surface area contributed by atoms with E-state index in [4.69, 9.17) is 4.74 Å². The molecule has 1 amide bonds. The fraction of sp³-hybridized carbons (Fsp3) is 0.350. The Kier molecular flexibility index (Phi) is 5.56. The number of hydrogen-bond acceptors (Lipinski definition) is 2. The van der Waals surface area contributed by atoms with Gasteiger partial charge in [-0.05, 0) is 49.1 Å². The van der Waals surface area contributed by atoms with E-state index in [0.29, 0.717) is 0 Å². The van der Waals surface area contributed by atoms with E-state index in [9.17, 15) is 4.79 Å². The van der Waals surface area contributed by atoms with Gasteiger partial charge in [0.2, 0.25) is 0 Å². The molecule has 0 spiro atoms. The molecule has 0 heterocycles. The lowest BCUT2D eigenvalue weighted by Gasteiger charge is -2.29. The van der Waals surface area contributed by atoms with Crippen molar-refractivity contribution >= 4 is 11.6 Å². The number of amides is 1. The van der Waals surface area contributed by atoms with Crippen molar-refractivity contribution in [2.75, 3.05) is 12.4 Å². The average Bonchev–Trinajstić information content (AvgIpc) is 2.55. The molecule has 1 unspecified atom stereocenters. The molecule has 0 bridgehead atoms. The Bertz CT molecular complexity index is 681. The SMILES string of the molecule is CCCc1cccc(NC(=O)C(C)(OC)c2ccccc2C)c1. The summed E-state index contributed by atoms with van der Waals surface area (Å²) in [6.07, 6.45) is 2.08. The van der Waals surface area contributed by atoms with E-state index in [2.05, 4.69) is 18.3 Å². The van der Waals surface area contributed by atoms with Crippen LogP contribution < -0.4 is 5.32 Å². The fourth-order valence-corrected chi connectivity index (χ4v) is 2.78. The summed E-state index contributed by atoms with van der Waals surface area (Å²) in [6, 6.07) is 15.8. The molecule has 0 aromatic heterocycles. The first-order valence-corrected chi connectivity index (χ1v) is 8.03. The van der Waals surface area contributed by atoms with E-state index < -0.39 is 5.60 Å². The van der Waals surface area contributed by atoms with Crippen molar-refractivity contribution in [2.45, 2.75) is 39.2 Å². The third kappa shape index (κ3) is 3.80. The first-order chi connectivity index (χ1) is 11.0. The van der Waals surface area contributed by atoms with Gasteiger partial charge < -0.3 is 10.1 Å². The zero-order valence-corrected chi connectivity index (χ0v) is 14.3. The van der Waals surface area contributed by atoms with Crippen molar-refractivity contribution in [3.8, 4) is 0 Å². The van der Waals surface area contributed by atoms with Gasteiger partial charge in [-0.3, -0.25) is 4.79 Å². The van der Waals surface area contributed by atoms with E-state index in [1.807, 2.05) is 49.4 Å². The molecule has 0 saturated heterocycles.